The molecule has 0 bridgehead atoms. The number of hydrogen-bond acceptors (Lipinski definition) is 4. The highest BCUT2D eigenvalue weighted by Crippen LogP contribution is 2.38. The Morgan fingerprint density at radius 2 is 2.00 bits per heavy atom. The standard InChI is InChI=1S/C25H26BrFN4O4/c1-30-23(33)25(14-16-5-3-2-4-6-16)15-31(12-11-21(25)29-30)22(32)20(28-24(34)35)10-7-17-13-18(26)8-9-19(17)27/h2-6,8-9,13,20,28H,7,10-12,14-15H2,1H3,(H,34,35)/t20?,25-/m1/s1. The zero-order valence-electron chi connectivity index (χ0n) is 19.2. The van der Waals surface area contributed by atoms with E-state index in [1.165, 1.54) is 16.0 Å². The lowest BCUT2D eigenvalue weighted by Crippen LogP contribution is -2.58. The van der Waals surface area contributed by atoms with Crippen LogP contribution in [0.15, 0.2) is 58.1 Å². The smallest absolute Gasteiger partial charge is 0.405 e. The molecular weight excluding hydrogens is 519 g/mol. The summed E-state index contributed by atoms with van der Waals surface area (Å²) in [6.07, 6.45) is -0.295. The Morgan fingerprint density at radius 3 is 2.71 bits per heavy atom. The number of piperidine rings is 1. The van der Waals surface area contributed by atoms with Crippen LogP contribution in [0.1, 0.15) is 24.0 Å². The molecule has 1 fully saturated rings. The zero-order chi connectivity index (χ0) is 25.2. The van der Waals surface area contributed by atoms with E-state index in [1.54, 1.807) is 19.2 Å². The SMILES string of the molecule is CN1N=C2CCN(C(=O)C(CCc3cc(Br)ccc3F)NC(=O)O)C[C@@]2(Cc2ccccc2)C1=O. The van der Waals surface area contributed by atoms with Crippen molar-refractivity contribution in [3.63, 3.8) is 0 Å². The fourth-order valence-corrected chi connectivity index (χ4v) is 5.29. The van der Waals surface area contributed by atoms with Gasteiger partial charge in [0.05, 0.1) is 5.71 Å². The minimum absolute atomic E-state index is 0.0789. The average Bonchev–Trinajstić information content (AvgIpc) is 3.07. The molecule has 184 valence electrons. The first-order valence-corrected chi connectivity index (χ1v) is 12.1. The molecule has 35 heavy (non-hydrogen) atoms. The van der Waals surface area contributed by atoms with Crippen LogP contribution in [0.2, 0.25) is 0 Å². The number of carboxylic acid groups (broad SMARTS) is 1. The van der Waals surface area contributed by atoms with Gasteiger partial charge in [0, 0.05) is 31.0 Å². The van der Waals surface area contributed by atoms with Gasteiger partial charge in [0.15, 0.2) is 0 Å². The van der Waals surface area contributed by atoms with Crippen molar-refractivity contribution in [3.8, 4) is 0 Å². The third kappa shape index (κ3) is 5.22. The number of nitrogens with one attached hydrogen (secondary N) is 1. The Kier molecular flexibility index (Phi) is 7.20. The van der Waals surface area contributed by atoms with Crippen LogP contribution < -0.4 is 5.32 Å². The number of carbonyl (C=O) groups excluding carboxylic acids is 2. The van der Waals surface area contributed by atoms with Gasteiger partial charge in [-0.3, -0.25) is 9.59 Å². The molecule has 0 radical (unpaired) electrons. The Morgan fingerprint density at radius 1 is 1.26 bits per heavy atom. The summed E-state index contributed by atoms with van der Waals surface area (Å²) in [5, 5.41) is 17.4. The van der Waals surface area contributed by atoms with Crippen LogP contribution in [-0.4, -0.2) is 64.8 Å². The Balaban J connectivity index is 1.56. The second-order valence-corrected chi connectivity index (χ2v) is 9.82. The first-order chi connectivity index (χ1) is 16.7. The van der Waals surface area contributed by atoms with E-state index < -0.39 is 29.3 Å². The normalized spacial score (nSPS) is 20.3. The zero-order valence-corrected chi connectivity index (χ0v) is 20.8. The first-order valence-electron chi connectivity index (χ1n) is 11.3. The summed E-state index contributed by atoms with van der Waals surface area (Å²) < 4.78 is 14.9. The maximum Gasteiger partial charge on any atom is 0.405 e. The second-order valence-electron chi connectivity index (χ2n) is 8.91. The van der Waals surface area contributed by atoms with Crippen molar-refractivity contribution in [1.29, 1.82) is 0 Å². The number of benzene rings is 2. The maximum atomic E-state index is 14.2. The van der Waals surface area contributed by atoms with E-state index in [0.717, 1.165) is 11.3 Å². The van der Waals surface area contributed by atoms with Crippen LogP contribution in [0.3, 0.4) is 0 Å². The van der Waals surface area contributed by atoms with Gasteiger partial charge in [0.2, 0.25) is 5.91 Å². The molecule has 2 aromatic carbocycles. The molecule has 2 aliphatic rings. The van der Waals surface area contributed by atoms with Crippen LogP contribution in [0, 0.1) is 11.2 Å². The number of carbonyl (C=O) groups is 3. The number of rotatable bonds is 7. The molecule has 2 atom stereocenters. The number of hydrazone groups is 1. The number of hydrogen-bond donors (Lipinski definition) is 2. The van der Waals surface area contributed by atoms with Crippen molar-refractivity contribution < 1.29 is 23.9 Å². The highest BCUT2D eigenvalue weighted by atomic mass is 79.9. The van der Waals surface area contributed by atoms with Gasteiger partial charge in [-0.2, -0.15) is 5.10 Å². The number of aryl methyl sites for hydroxylation is 1. The fourth-order valence-electron chi connectivity index (χ4n) is 4.88. The van der Waals surface area contributed by atoms with Gasteiger partial charge in [0.1, 0.15) is 17.3 Å². The van der Waals surface area contributed by atoms with Gasteiger partial charge in [-0.1, -0.05) is 46.3 Å². The first kappa shape index (κ1) is 24.8. The second kappa shape index (κ2) is 10.2. The Hall–Kier alpha value is -3.27. The van der Waals surface area contributed by atoms with E-state index in [1.807, 2.05) is 30.3 Å². The Labute approximate surface area is 210 Å². The topological polar surface area (TPSA) is 102 Å². The maximum absolute atomic E-state index is 14.2. The number of amides is 3. The predicted octanol–water partition coefficient (Wildman–Crippen LogP) is 3.45. The van der Waals surface area contributed by atoms with Gasteiger partial charge >= 0.3 is 6.09 Å². The van der Waals surface area contributed by atoms with Crippen LogP contribution in [-0.2, 0) is 22.4 Å². The van der Waals surface area contributed by atoms with E-state index in [0.29, 0.717) is 29.4 Å². The third-order valence-corrected chi connectivity index (χ3v) is 7.07. The van der Waals surface area contributed by atoms with Gasteiger partial charge < -0.3 is 15.3 Å². The molecule has 3 amide bonds. The van der Waals surface area contributed by atoms with Gasteiger partial charge in [-0.25, -0.2) is 14.2 Å². The number of halogens is 2. The van der Waals surface area contributed by atoms with E-state index in [9.17, 15) is 23.9 Å². The van der Waals surface area contributed by atoms with Crippen molar-refractivity contribution in [2.75, 3.05) is 20.1 Å². The Bertz CT molecular complexity index is 1180. The third-order valence-electron chi connectivity index (χ3n) is 6.57. The summed E-state index contributed by atoms with van der Waals surface area (Å²) in [5.41, 5.74) is 1.07. The minimum atomic E-state index is -1.34. The van der Waals surface area contributed by atoms with Gasteiger partial charge in [-0.05, 0) is 48.6 Å². The molecule has 8 nitrogen and oxygen atoms in total. The van der Waals surface area contributed by atoms with Crippen molar-refractivity contribution in [3.05, 3.63) is 69.9 Å². The molecule has 0 spiro atoms. The van der Waals surface area contributed by atoms with Crippen LogP contribution in [0.25, 0.3) is 0 Å². The van der Waals surface area contributed by atoms with Crippen molar-refractivity contribution in [2.45, 2.75) is 31.7 Å². The summed E-state index contributed by atoms with van der Waals surface area (Å²) in [5.74, 6) is -1.04. The molecule has 0 aromatic heterocycles. The van der Waals surface area contributed by atoms with Crippen molar-refractivity contribution in [2.24, 2.45) is 10.5 Å². The van der Waals surface area contributed by atoms with Gasteiger partial charge in [0.25, 0.3) is 5.91 Å². The molecule has 0 aliphatic carbocycles. The summed E-state index contributed by atoms with van der Waals surface area (Å²) in [6, 6.07) is 13.0. The lowest BCUT2D eigenvalue weighted by molar-refractivity contribution is -0.140. The van der Waals surface area contributed by atoms with E-state index >= 15 is 0 Å². The molecule has 2 aromatic rings. The van der Waals surface area contributed by atoms with Crippen molar-refractivity contribution >= 4 is 39.5 Å². The largest absolute Gasteiger partial charge is 0.465 e. The molecule has 0 saturated carbocycles. The minimum Gasteiger partial charge on any atom is -0.465 e. The predicted molar refractivity (Wildman–Crippen MR) is 131 cm³/mol. The molecule has 4 rings (SSSR count). The quantitative estimate of drug-likeness (QED) is 0.557. The van der Waals surface area contributed by atoms with Gasteiger partial charge in [-0.15, -0.1) is 0 Å². The summed E-state index contributed by atoms with van der Waals surface area (Å²) >= 11 is 3.31. The molecule has 1 saturated heterocycles. The molecular formula is C25H26BrFN4O4. The number of nitrogens with zero attached hydrogens (tertiary/aromatic N) is 3. The van der Waals surface area contributed by atoms with Crippen molar-refractivity contribution in [1.82, 2.24) is 15.2 Å². The fraction of sp³-hybridized carbons (Fsp3) is 0.360. The summed E-state index contributed by atoms with van der Waals surface area (Å²) in [7, 11) is 1.61. The number of likely N-dealkylation sites (tertiary alicyclic amines) is 1. The molecule has 2 N–H and O–H groups in total. The molecule has 10 heteroatoms. The number of fused-ring (bicyclic) bond motifs is 1. The monoisotopic (exact) mass is 544 g/mol. The summed E-state index contributed by atoms with van der Waals surface area (Å²) in [4.78, 5) is 39.8. The lowest BCUT2D eigenvalue weighted by atomic mass is 9.73. The van der Waals surface area contributed by atoms with Crippen LogP contribution >= 0.6 is 15.9 Å². The van der Waals surface area contributed by atoms with Crippen LogP contribution in [0.4, 0.5) is 9.18 Å². The summed E-state index contributed by atoms with van der Waals surface area (Å²) in [6.45, 7) is 0.421. The van der Waals surface area contributed by atoms with E-state index in [-0.39, 0.29) is 25.3 Å². The highest BCUT2D eigenvalue weighted by Gasteiger charge is 2.53. The average molecular weight is 545 g/mol. The van der Waals surface area contributed by atoms with E-state index in [4.69, 9.17) is 0 Å². The molecule has 2 heterocycles. The van der Waals surface area contributed by atoms with Crippen LogP contribution in [0.5, 0.6) is 0 Å². The molecule has 2 aliphatic heterocycles. The highest BCUT2D eigenvalue weighted by molar-refractivity contribution is 9.10. The lowest BCUT2D eigenvalue weighted by Gasteiger charge is -2.40. The van der Waals surface area contributed by atoms with E-state index in [2.05, 4.69) is 26.3 Å². The molecule has 1 unspecified atom stereocenters.